The average molecular weight is 584 g/mol. The van der Waals surface area contributed by atoms with Gasteiger partial charge in [0.2, 0.25) is 0 Å². The minimum atomic E-state index is -1.10. The lowest BCUT2D eigenvalue weighted by atomic mass is 10.1. The second-order valence-electron chi connectivity index (χ2n) is 10.0. The molecule has 41 heavy (non-hydrogen) atoms. The number of rotatable bonds is 16. The molecule has 2 unspecified atom stereocenters. The quantitative estimate of drug-likeness (QED) is 0.147. The van der Waals surface area contributed by atoms with E-state index in [1.807, 2.05) is 34.6 Å². The van der Waals surface area contributed by atoms with Crippen molar-refractivity contribution in [2.24, 2.45) is 17.6 Å². The topological polar surface area (TPSA) is 159 Å². The van der Waals surface area contributed by atoms with Crippen molar-refractivity contribution in [2.45, 2.75) is 92.4 Å². The molecule has 1 aromatic carbocycles. The fourth-order valence-corrected chi connectivity index (χ4v) is 2.91. The van der Waals surface area contributed by atoms with Crippen LogP contribution in [0.2, 0.25) is 0 Å². The molecule has 0 amide bonds. The Hall–Kier alpha value is -3.54. The lowest BCUT2D eigenvalue weighted by Gasteiger charge is -2.22. The van der Waals surface area contributed by atoms with Crippen LogP contribution in [0.25, 0.3) is 0 Å². The highest BCUT2D eigenvalue weighted by Crippen LogP contribution is 2.30. The summed E-state index contributed by atoms with van der Waals surface area (Å²) in [7, 11) is 0. The minimum Gasteiger partial charge on any atom is -0.458 e. The van der Waals surface area contributed by atoms with Gasteiger partial charge in [0.15, 0.2) is 11.5 Å². The van der Waals surface area contributed by atoms with E-state index in [0.717, 1.165) is 12.8 Å². The van der Waals surface area contributed by atoms with E-state index >= 15 is 0 Å². The number of benzene rings is 1. The van der Waals surface area contributed by atoms with Gasteiger partial charge in [0, 0.05) is 0 Å². The predicted octanol–water partition coefficient (Wildman–Crippen LogP) is 5.56. The van der Waals surface area contributed by atoms with E-state index < -0.39 is 42.7 Å². The molecule has 0 heterocycles. The summed E-state index contributed by atoms with van der Waals surface area (Å²) in [4.78, 5) is 48.8. The Bertz CT molecular complexity index is 984. The van der Waals surface area contributed by atoms with E-state index in [-0.39, 0.29) is 49.6 Å². The Labute approximate surface area is 242 Å². The van der Waals surface area contributed by atoms with Crippen LogP contribution >= 0.6 is 0 Å². The second-order valence-corrected chi connectivity index (χ2v) is 10.0. The van der Waals surface area contributed by atoms with Gasteiger partial charge in [-0.1, -0.05) is 53.5 Å². The van der Waals surface area contributed by atoms with Crippen molar-refractivity contribution in [3.05, 3.63) is 23.8 Å². The van der Waals surface area contributed by atoms with Gasteiger partial charge in [0.05, 0.1) is 19.8 Å². The van der Waals surface area contributed by atoms with Gasteiger partial charge in [0.1, 0.15) is 18.2 Å². The van der Waals surface area contributed by atoms with Gasteiger partial charge in [-0.2, -0.15) is 0 Å². The van der Waals surface area contributed by atoms with Crippen molar-refractivity contribution in [3.8, 4) is 11.5 Å². The molecule has 0 aliphatic heterocycles. The molecule has 0 saturated carbocycles. The lowest BCUT2D eigenvalue weighted by Crippen LogP contribution is -2.39. The predicted molar refractivity (Wildman–Crippen MR) is 149 cm³/mol. The summed E-state index contributed by atoms with van der Waals surface area (Å²) in [6.45, 7) is 13.3. The molecular formula is C29H45NO11. The van der Waals surface area contributed by atoms with Crippen LogP contribution in [0.4, 0.5) is 14.4 Å². The Morgan fingerprint density at radius 2 is 1.27 bits per heavy atom. The largest absolute Gasteiger partial charge is 0.513 e. The van der Waals surface area contributed by atoms with Crippen molar-refractivity contribution < 1.29 is 52.3 Å². The first-order chi connectivity index (χ1) is 19.4. The molecule has 0 fully saturated rings. The van der Waals surface area contributed by atoms with Gasteiger partial charge in [-0.15, -0.1) is 0 Å². The van der Waals surface area contributed by atoms with Crippen LogP contribution in [0.3, 0.4) is 0 Å². The summed E-state index contributed by atoms with van der Waals surface area (Å²) >= 11 is 0. The zero-order valence-corrected chi connectivity index (χ0v) is 25.1. The van der Waals surface area contributed by atoms with E-state index in [0.29, 0.717) is 12.0 Å². The van der Waals surface area contributed by atoms with Gasteiger partial charge in [-0.25, -0.2) is 14.4 Å². The van der Waals surface area contributed by atoms with Crippen LogP contribution in [0.1, 0.15) is 73.3 Å². The van der Waals surface area contributed by atoms with Gasteiger partial charge in [-0.3, -0.25) is 4.79 Å². The first-order valence-electron chi connectivity index (χ1n) is 14.0. The first kappa shape index (κ1) is 35.5. The number of hydrogen-bond acceptors (Lipinski definition) is 12. The van der Waals surface area contributed by atoms with E-state index in [1.165, 1.54) is 12.1 Å². The standard InChI is InChI=1S/C29H45NO11/c1-8-13-35-27(32)39-21(7)20(6)38-26(31)23(30)14-22-11-12-24(40-28(33)36-16-18(4)9-2)25(15-22)41-29(34)37-17-19(5)10-3/h11-12,15,18-21,23H,8-10,13-14,16-17,30H2,1-7H3/t18?,19?,20-,21-,23-/m0/s1. The van der Waals surface area contributed by atoms with Crippen LogP contribution in [0, 0.1) is 11.8 Å². The van der Waals surface area contributed by atoms with Crippen LogP contribution in [0.15, 0.2) is 18.2 Å². The van der Waals surface area contributed by atoms with Gasteiger partial charge < -0.3 is 38.9 Å². The molecule has 0 spiro atoms. The summed E-state index contributed by atoms with van der Waals surface area (Å²) in [6.07, 6.45) is -2.10. The van der Waals surface area contributed by atoms with E-state index in [4.69, 9.17) is 38.9 Å². The number of hydrogen-bond donors (Lipinski definition) is 1. The molecule has 232 valence electrons. The Morgan fingerprint density at radius 3 is 1.80 bits per heavy atom. The maximum Gasteiger partial charge on any atom is 0.513 e. The van der Waals surface area contributed by atoms with Crippen molar-refractivity contribution in [1.82, 2.24) is 0 Å². The van der Waals surface area contributed by atoms with Crippen molar-refractivity contribution in [1.29, 1.82) is 0 Å². The molecule has 12 heteroatoms. The number of ether oxygens (including phenoxy) is 7. The number of nitrogens with two attached hydrogens (primary N) is 1. The van der Waals surface area contributed by atoms with Gasteiger partial charge >= 0.3 is 24.4 Å². The second kappa shape index (κ2) is 18.7. The summed E-state index contributed by atoms with van der Waals surface area (Å²) in [5.74, 6) is -0.654. The highest BCUT2D eigenvalue weighted by molar-refractivity contribution is 5.76. The van der Waals surface area contributed by atoms with E-state index in [2.05, 4.69) is 0 Å². The molecule has 2 N–H and O–H groups in total. The molecule has 0 aromatic heterocycles. The number of carbonyl (C=O) groups is 4. The van der Waals surface area contributed by atoms with E-state index in [1.54, 1.807) is 19.9 Å². The SMILES string of the molecule is CCCOC(=O)O[C@@H](C)[C@H](C)OC(=O)[C@@H](N)Cc1ccc(OC(=O)OCC(C)CC)c(OC(=O)OCC(C)CC)c1. The van der Waals surface area contributed by atoms with Gasteiger partial charge in [0.25, 0.3) is 0 Å². The molecule has 0 aliphatic carbocycles. The summed E-state index contributed by atoms with van der Waals surface area (Å²) < 4.78 is 36.2. The third kappa shape index (κ3) is 14.1. The summed E-state index contributed by atoms with van der Waals surface area (Å²) in [6, 6.07) is 3.26. The third-order valence-corrected chi connectivity index (χ3v) is 6.19. The minimum absolute atomic E-state index is 0.00362. The van der Waals surface area contributed by atoms with Crippen molar-refractivity contribution in [3.63, 3.8) is 0 Å². The Morgan fingerprint density at radius 1 is 0.732 bits per heavy atom. The zero-order chi connectivity index (χ0) is 30.9. The normalized spacial score (nSPS) is 14.4. The number of carbonyl (C=O) groups excluding carboxylic acids is 4. The molecule has 12 nitrogen and oxygen atoms in total. The summed E-state index contributed by atoms with van der Waals surface area (Å²) in [5.41, 5.74) is 6.55. The molecule has 0 aliphatic rings. The zero-order valence-electron chi connectivity index (χ0n) is 25.1. The fourth-order valence-electron chi connectivity index (χ4n) is 2.91. The molecule has 1 aromatic rings. The highest BCUT2D eigenvalue weighted by atomic mass is 16.7. The van der Waals surface area contributed by atoms with Crippen molar-refractivity contribution >= 4 is 24.4 Å². The molecular weight excluding hydrogens is 538 g/mol. The molecule has 0 saturated heterocycles. The molecule has 1 rings (SSSR count). The Kier molecular flexibility index (Phi) is 16.2. The highest BCUT2D eigenvalue weighted by Gasteiger charge is 2.25. The summed E-state index contributed by atoms with van der Waals surface area (Å²) in [5, 5.41) is 0. The Balaban J connectivity index is 2.93. The third-order valence-electron chi connectivity index (χ3n) is 6.19. The van der Waals surface area contributed by atoms with Crippen LogP contribution in [-0.4, -0.2) is 62.5 Å². The molecule has 0 bridgehead atoms. The first-order valence-corrected chi connectivity index (χ1v) is 14.0. The molecule has 0 radical (unpaired) electrons. The fraction of sp³-hybridized carbons (Fsp3) is 0.655. The monoisotopic (exact) mass is 583 g/mol. The maximum absolute atomic E-state index is 12.6. The van der Waals surface area contributed by atoms with Gasteiger partial charge in [-0.05, 0) is 56.2 Å². The van der Waals surface area contributed by atoms with Crippen LogP contribution in [0.5, 0.6) is 11.5 Å². The average Bonchev–Trinajstić information content (AvgIpc) is 2.94. The molecule has 5 atom stereocenters. The maximum atomic E-state index is 12.6. The lowest BCUT2D eigenvalue weighted by molar-refractivity contribution is -0.155. The van der Waals surface area contributed by atoms with E-state index in [9.17, 15) is 19.2 Å². The van der Waals surface area contributed by atoms with Crippen LogP contribution in [-0.2, 0) is 34.9 Å². The van der Waals surface area contributed by atoms with Crippen LogP contribution < -0.4 is 15.2 Å². The van der Waals surface area contributed by atoms with Crippen molar-refractivity contribution in [2.75, 3.05) is 19.8 Å². The smallest absolute Gasteiger partial charge is 0.458 e. The number of esters is 1.